The van der Waals surface area contributed by atoms with Gasteiger partial charge in [0.05, 0.1) is 28.7 Å². The van der Waals surface area contributed by atoms with Crippen molar-refractivity contribution in [1.29, 1.82) is 0 Å². The lowest BCUT2D eigenvalue weighted by Crippen LogP contribution is -2.15. The number of rotatable bonds is 7. The fourth-order valence-electron chi connectivity index (χ4n) is 2.93. The lowest BCUT2D eigenvalue weighted by atomic mass is 10.0. The zero-order chi connectivity index (χ0) is 20.4. The van der Waals surface area contributed by atoms with E-state index in [0.29, 0.717) is 11.6 Å². The van der Waals surface area contributed by atoms with Gasteiger partial charge in [-0.1, -0.05) is 32.6 Å². The Hall–Kier alpha value is -2.78. The lowest BCUT2D eigenvalue weighted by Gasteiger charge is -2.17. The molecule has 1 aromatic carbocycles. The predicted octanol–water partition coefficient (Wildman–Crippen LogP) is 3.09. The number of nitrogens with two attached hydrogens (primary N) is 1. The number of benzene rings is 1. The molecule has 0 bridgehead atoms. The molecule has 2 atom stereocenters. The summed E-state index contributed by atoms with van der Waals surface area (Å²) in [4.78, 5) is 8.90. The van der Waals surface area contributed by atoms with Crippen LogP contribution in [0, 0.1) is 0 Å². The van der Waals surface area contributed by atoms with E-state index >= 15 is 0 Å². The van der Waals surface area contributed by atoms with Crippen molar-refractivity contribution in [3.8, 4) is 0 Å². The number of fused-ring (bicyclic) bond motifs is 1. The number of nitrogens with zero attached hydrogens (tertiary/aromatic N) is 4. The number of hydrogen-bond donors (Lipinski definition) is 3. The van der Waals surface area contributed by atoms with E-state index in [1.54, 1.807) is 23.0 Å². The van der Waals surface area contributed by atoms with E-state index in [1.165, 1.54) is 0 Å². The van der Waals surface area contributed by atoms with Crippen LogP contribution in [0.5, 0.6) is 0 Å². The minimum atomic E-state index is -1.31. The first-order chi connectivity index (χ1) is 13.3. The molecule has 0 saturated carbocycles. The van der Waals surface area contributed by atoms with Gasteiger partial charge in [0.25, 0.3) is 0 Å². The van der Waals surface area contributed by atoms with Gasteiger partial charge < -0.3 is 10.7 Å². The zero-order valence-corrected chi connectivity index (χ0v) is 17.2. The van der Waals surface area contributed by atoms with Crippen LogP contribution in [-0.4, -0.2) is 30.0 Å². The lowest BCUT2D eigenvalue weighted by molar-refractivity contribution is 0.677. The molecule has 0 spiro atoms. The first-order valence-electron chi connectivity index (χ1n) is 8.94. The Morgan fingerprint density at radius 2 is 2.04 bits per heavy atom. The van der Waals surface area contributed by atoms with Crippen LogP contribution in [-0.2, 0) is 10.8 Å². The van der Waals surface area contributed by atoms with Crippen molar-refractivity contribution < 1.29 is 4.21 Å². The topological polar surface area (TPSA) is 110 Å². The van der Waals surface area contributed by atoms with Crippen molar-refractivity contribution >= 4 is 34.2 Å². The fraction of sp³-hybridized carbons (Fsp3) is 0.316. The molecule has 4 N–H and O–H groups in total. The highest BCUT2D eigenvalue weighted by Crippen LogP contribution is 2.26. The van der Waals surface area contributed by atoms with Gasteiger partial charge in [-0.3, -0.25) is 10.1 Å². The number of hydrazine groups is 1. The number of nitrogens with one attached hydrogen (secondary N) is 2. The maximum atomic E-state index is 12.1. The van der Waals surface area contributed by atoms with E-state index < -0.39 is 10.8 Å². The van der Waals surface area contributed by atoms with Gasteiger partial charge in [-0.15, -0.1) is 0 Å². The molecule has 2 unspecified atom stereocenters. The van der Waals surface area contributed by atoms with Crippen molar-refractivity contribution in [2.45, 2.75) is 37.9 Å². The Labute approximate surface area is 166 Å². The molecule has 0 aliphatic heterocycles. The molecule has 0 saturated heterocycles. The van der Waals surface area contributed by atoms with Gasteiger partial charge in [-0.05, 0) is 36.1 Å². The summed E-state index contributed by atoms with van der Waals surface area (Å²) >= 11 is 0. The minimum absolute atomic E-state index is 0.0894. The normalized spacial score (nSPS) is 13.5. The molecule has 0 amide bonds. The molecule has 0 radical (unpaired) electrons. The Morgan fingerprint density at radius 1 is 1.29 bits per heavy atom. The molecule has 3 rings (SSSR count). The van der Waals surface area contributed by atoms with Gasteiger partial charge in [0, 0.05) is 11.8 Å². The van der Waals surface area contributed by atoms with Crippen molar-refractivity contribution in [3.63, 3.8) is 0 Å². The van der Waals surface area contributed by atoms with E-state index in [0.717, 1.165) is 22.4 Å². The second-order valence-electron chi connectivity index (χ2n) is 6.84. The summed E-state index contributed by atoms with van der Waals surface area (Å²) in [5.41, 5.74) is 7.03. The van der Waals surface area contributed by atoms with Gasteiger partial charge in [0.15, 0.2) is 5.65 Å². The molecular formula is C19H25N7OS. The molecule has 0 aliphatic carbocycles. The number of anilines is 2. The predicted molar refractivity (Wildman–Crippen MR) is 114 cm³/mol. The summed E-state index contributed by atoms with van der Waals surface area (Å²) in [6, 6.07) is 5.78. The molecule has 8 nitrogen and oxygen atoms in total. The van der Waals surface area contributed by atoms with Crippen molar-refractivity contribution in [2.75, 3.05) is 17.0 Å². The molecule has 28 heavy (non-hydrogen) atoms. The third kappa shape index (κ3) is 3.76. The van der Waals surface area contributed by atoms with Crippen LogP contribution in [0.25, 0.3) is 11.7 Å². The molecule has 2 aromatic heterocycles. The summed E-state index contributed by atoms with van der Waals surface area (Å²) in [5, 5.41) is 8.08. The van der Waals surface area contributed by atoms with Crippen LogP contribution in [0.3, 0.4) is 0 Å². The Bertz CT molecular complexity index is 1040. The van der Waals surface area contributed by atoms with Crippen molar-refractivity contribution in [3.05, 3.63) is 47.7 Å². The van der Waals surface area contributed by atoms with E-state index in [-0.39, 0.29) is 17.1 Å². The van der Waals surface area contributed by atoms with E-state index in [4.69, 9.17) is 5.84 Å². The first kappa shape index (κ1) is 20.0. The van der Waals surface area contributed by atoms with E-state index in [2.05, 4.69) is 46.2 Å². The number of hydrogen-bond acceptors (Lipinski definition) is 7. The molecular weight excluding hydrogens is 374 g/mol. The maximum Gasteiger partial charge on any atom is 0.228 e. The summed E-state index contributed by atoms with van der Waals surface area (Å²) in [5.74, 6) is 6.27. The third-order valence-electron chi connectivity index (χ3n) is 4.55. The van der Waals surface area contributed by atoms with E-state index in [1.807, 2.05) is 25.1 Å². The van der Waals surface area contributed by atoms with Crippen LogP contribution < -0.4 is 16.6 Å². The average Bonchev–Trinajstić information content (AvgIpc) is 3.11. The SMILES string of the molecule is C=Cc1cc(C(C)Nc2nc(S(C)=O)nc3c(C(C)C)cnn23)ccc1NN. The van der Waals surface area contributed by atoms with Gasteiger partial charge in [0.2, 0.25) is 11.1 Å². The van der Waals surface area contributed by atoms with Crippen LogP contribution in [0.1, 0.15) is 49.4 Å². The first-order valence-corrected chi connectivity index (χ1v) is 10.5. The van der Waals surface area contributed by atoms with Gasteiger partial charge >= 0.3 is 0 Å². The van der Waals surface area contributed by atoms with Crippen molar-refractivity contribution in [1.82, 2.24) is 19.6 Å². The maximum absolute atomic E-state index is 12.1. The smallest absolute Gasteiger partial charge is 0.228 e. The molecule has 3 aromatic rings. The highest BCUT2D eigenvalue weighted by atomic mass is 32.2. The van der Waals surface area contributed by atoms with E-state index in [9.17, 15) is 4.21 Å². The largest absolute Gasteiger partial charge is 0.348 e. The highest BCUT2D eigenvalue weighted by molar-refractivity contribution is 7.84. The zero-order valence-electron chi connectivity index (χ0n) is 16.4. The van der Waals surface area contributed by atoms with Crippen LogP contribution in [0.4, 0.5) is 11.6 Å². The second kappa shape index (κ2) is 8.07. The monoisotopic (exact) mass is 399 g/mol. The minimum Gasteiger partial charge on any atom is -0.348 e. The number of aromatic nitrogens is 4. The van der Waals surface area contributed by atoms with Crippen LogP contribution in [0.15, 0.2) is 36.1 Å². The summed E-state index contributed by atoms with van der Waals surface area (Å²) in [6.07, 6.45) is 5.10. The highest BCUT2D eigenvalue weighted by Gasteiger charge is 2.18. The Kier molecular flexibility index (Phi) is 5.76. The molecule has 148 valence electrons. The van der Waals surface area contributed by atoms with Gasteiger partial charge in [0.1, 0.15) is 0 Å². The Balaban J connectivity index is 2.03. The van der Waals surface area contributed by atoms with Crippen molar-refractivity contribution in [2.24, 2.45) is 5.84 Å². The van der Waals surface area contributed by atoms with Gasteiger partial charge in [-0.2, -0.15) is 14.6 Å². The molecule has 2 heterocycles. The Morgan fingerprint density at radius 3 is 2.64 bits per heavy atom. The second-order valence-corrected chi connectivity index (χ2v) is 8.11. The average molecular weight is 400 g/mol. The molecule has 9 heteroatoms. The molecule has 0 aliphatic rings. The van der Waals surface area contributed by atoms with Gasteiger partial charge in [-0.25, -0.2) is 4.98 Å². The quantitative estimate of drug-likeness (QED) is 0.413. The molecule has 0 fully saturated rings. The summed E-state index contributed by atoms with van der Waals surface area (Å²) in [6.45, 7) is 9.99. The van der Waals surface area contributed by atoms with Crippen LogP contribution >= 0.6 is 0 Å². The van der Waals surface area contributed by atoms with Crippen LogP contribution in [0.2, 0.25) is 0 Å². The fourth-order valence-corrected chi connectivity index (χ4v) is 3.36. The summed E-state index contributed by atoms with van der Waals surface area (Å²) in [7, 11) is -1.31. The number of nitrogen functional groups attached to an aromatic ring is 1. The third-order valence-corrected chi connectivity index (χ3v) is 5.25. The summed E-state index contributed by atoms with van der Waals surface area (Å²) < 4.78 is 13.7. The standard InChI is InChI=1S/C19H25N7OS/c1-6-13-9-14(7-8-16(13)25-20)12(4)22-18-24-19(28(5)27)23-17-15(11(2)3)10-21-26(17)18/h6-12,25H,1,20H2,2-5H3,(H,22,23,24).